The Bertz CT molecular complexity index is 614. The zero-order chi connectivity index (χ0) is 15.1. The Labute approximate surface area is 124 Å². The third-order valence-corrected chi connectivity index (χ3v) is 3.15. The van der Waals surface area contributed by atoms with Crippen molar-refractivity contribution in [3.63, 3.8) is 0 Å². The van der Waals surface area contributed by atoms with E-state index in [0.717, 1.165) is 17.0 Å². The molecular weight excluding hydrogens is 266 g/mol. The minimum Gasteiger partial charge on any atom is -0.496 e. The first-order valence-corrected chi connectivity index (χ1v) is 6.78. The van der Waals surface area contributed by atoms with Crippen molar-refractivity contribution in [2.75, 3.05) is 26.0 Å². The van der Waals surface area contributed by atoms with Crippen molar-refractivity contribution >= 4 is 11.6 Å². The Morgan fingerprint density at radius 1 is 1.29 bits per heavy atom. The van der Waals surface area contributed by atoms with Crippen LogP contribution in [-0.2, 0) is 6.42 Å². The van der Waals surface area contributed by atoms with Crippen LogP contribution in [0.4, 0.5) is 5.69 Å². The van der Waals surface area contributed by atoms with Gasteiger partial charge in [-0.05, 0) is 30.2 Å². The molecule has 0 saturated heterocycles. The number of carbonyl (C=O) groups is 1. The van der Waals surface area contributed by atoms with Crippen molar-refractivity contribution in [1.82, 2.24) is 10.3 Å². The molecule has 1 heterocycles. The fourth-order valence-electron chi connectivity index (χ4n) is 2.02. The Kier molecular flexibility index (Phi) is 5.15. The molecule has 2 aromatic rings. The molecule has 2 N–H and O–H groups in total. The van der Waals surface area contributed by atoms with Crippen LogP contribution in [0.25, 0.3) is 0 Å². The molecule has 2 rings (SSSR count). The number of aromatic nitrogens is 1. The quantitative estimate of drug-likeness (QED) is 0.853. The number of amides is 1. The maximum atomic E-state index is 12.0. The van der Waals surface area contributed by atoms with E-state index in [1.165, 1.54) is 0 Å². The number of methoxy groups -OCH3 is 1. The normalized spacial score (nSPS) is 10.0. The van der Waals surface area contributed by atoms with Gasteiger partial charge >= 0.3 is 0 Å². The molecule has 1 amide bonds. The summed E-state index contributed by atoms with van der Waals surface area (Å²) >= 11 is 0. The molecule has 1 aromatic heterocycles. The van der Waals surface area contributed by atoms with Gasteiger partial charge in [0.1, 0.15) is 11.4 Å². The van der Waals surface area contributed by atoms with Crippen molar-refractivity contribution in [2.45, 2.75) is 6.42 Å². The molecule has 1 aromatic carbocycles. The summed E-state index contributed by atoms with van der Waals surface area (Å²) in [5.74, 6) is 0.657. The number of ether oxygens (including phenoxy) is 1. The molecule has 110 valence electrons. The molecule has 0 aliphatic rings. The van der Waals surface area contributed by atoms with Crippen LogP contribution in [0, 0.1) is 0 Å². The fraction of sp³-hybridized carbons (Fsp3) is 0.250. The third kappa shape index (κ3) is 3.95. The van der Waals surface area contributed by atoms with Crippen LogP contribution in [-0.4, -0.2) is 31.6 Å². The summed E-state index contributed by atoms with van der Waals surface area (Å²) in [6.45, 7) is 0.532. The highest BCUT2D eigenvalue weighted by Gasteiger charge is 2.08. The SMILES string of the molecule is CNc1ccnc(C(=O)NCCc2ccccc2OC)c1. The molecule has 5 heteroatoms. The van der Waals surface area contributed by atoms with Gasteiger partial charge in [-0.15, -0.1) is 0 Å². The number of anilines is 1. The molecular formula is C16H19N3O2. The lowest BCUT2D eigenvalue weighted by Crippen LogP contribution is -2.26. The van der Waals surface area contributed by atoms with Gasteiger partial charge in [0.05, 0.1) is 7.11 Å². The summed E-state index contributed by atoms with van der Waals surface area (Å²) in [5, 5.41) is 5.85. The summed E-state index contributed by atoms with van der Waals surface area (Å²) < 4.78 is 5.28. The van der Waals surface area contributed by atoms with Crippen molar-refractivity contribution in [3.8, 4) is 5.75 Å². The molecule has 0 atom stereocenters. The molecule has 0 bridgehead atoms. The number of nitrogens with zero attached hydrogens (tertiary/aromatic N) is 1. The number of carbonyl (C=O) groups excluding carboxylic acids is 1. The van der Waals surface area contributed by atoms with Gasteiger partial charge in [-0.2, -0.15) is 0 Å². The number of para-hydroxylation sites is 1. The Hall–Kier alpha value is -2.56. The lowest BCUT2D eigenvalue weighted by molar-refractivity contribution is 0.0949. The number of hydrogen-bond donors (Lipinski definition) is 2. The first kappa shape index (κ1) is 14.8. The van der Waals surface area contributed by atoms with Crippen LogP contribution in [0.3, 0.4) is 0 Å². The van der Waals surface area contributed by atoms with Gasteiger partial charge in [-0.1, -0.05) is 18.2 Å². The van der Waals surface area contributed by atoms with E-state index in [9.17, 15) is 4.79 Å². The molecule has 0 aliphatic carbocycles. The number of benzene rings is 1. The highest BCUT2D eigenvalue weighted by Crippen LogP contribution is 2.17. The Morgan fingerprint density at radius 2 is 2.10 bits per heavy atom. The second kappa shape index (κ2) is 7.28. The molecule has 0 aliphatic heterocycles. The van der Waals surface area contributed by atoms with E-state index < -0.39 is 0 Å². The number of hydrogen-bond acceptors (Lipinski definition) is 4. The summed E-state index contributed by atoms with van der Waals surface area (Å²) in [6.07, 6.45) is 2.32. The van der Waals surface area contributed by atoms with Gasteiger partial charge in [0.15, 0.2) is 0 Å². The summed E-state index contributed by atoms with van der Waals surface area (Å²) in [5.41, 5.74) is 2.33. The predicted octanol–water partition coefficient (Wildman–Crippen LogP) is 2.10. The second-order valence-corrected chi connectivity index (χ2v) is 4.50. The van der Waals surface area contributed by atoms with Crippen LogP contribution in [0.2, 0.25) is 0 Å². The van der Waals surface area contributed by atoms with E-state index >= 15 is 0 Å². The highest BCUT2D eigenvalue weighted by molar-refractivity contribution is 5.93. The van der Waals surface area contributed by atoms with Crippen molar-refractivity contribution in [1.29, 1.82) is 0 Å². The Morgan fingerprint density at radius 3 is 2.86 bits per heavy atom. The molecule has 5 nitrogen and oxygen atoms in total. The summed E-state index contributed by atoms with van der Waals surface area (Å²) in [6, 6.07) is 11.3. The molecule has 0 unspecified atom stereocenters. The Balaban J connectivity index is 1.92. The van der Waals surface area contributed by atoms with Crippen LogP contribution >= 0.6 is 0 Å². The second-order valence-electron chi connectivity index (χ2n) is 4.50. The van der Waals surface area contributed by atoms with E-state index in [1.54, 1.807) is 26.4 Å². The standard InChI is InChI=1S/C16H19N3O2/c1-17-13-8-10-18-14(11-13)16(20)19-9-7-12-5-3-4-6-15(12)21-2/h3-6,8,10-11H,7,9H2,1-2H3,(H,17,18)(H,19,20). The van der Waals surface area contributed by atoms with Gasteiger partial charge in [-0.3, -0.25) is 9.78 Å². The van der Waals surface area contributed by atoms with E-state index in [1.807, 2.05) is 30.3 Å². The van der Waals surface area contributed by atoms with Crippen LogP contribution in [0.15, 0.2) is 42.6 Å². The van der Waals surface area contributed by atoms with E-state index in [-0.39, 0.29) is 5.91 Å². The highest BCUT2D eigenvalue weighted by atomic mass is 16.5. The largest absolute Gasteiger partial charge is 0.496 e. The molecule has 0 spiro atoms. The third-order valence-electron chi connectivity index (χ3n) is 3.15. The number of pyridine rings is 1. The van der Waals surface area contributed by atoms with E-state index in [2.05, 4.69) is 15.6 Å². The van der Waals surface area contributed by atoms with E-state index in [0.29, 0.717) is 18.7 Å². The first-order chi connectivity index (χ1) is 10.2. The van der Waals surface area contributed by atoms with Gasteiger partial charge in [-0.25, -0.2) is 0 Å². The lowest BCUT2D eigenvalue weighted by atomic mass is 10.1. The minimum absolute atomic E-state index is 0.179. The van der Waals surface area contributed by atoms with Gasteiger partial charge in [0.2, 0.25) is 0 Å². The summed E-state index contributed by atoms with van der Waals surface area (Å²) in [4.78, 5) is 16.1. The monoisotopic (exact) mass is 285 g/mol. The predicted molar refractivity (Wildman–Crippen MR) is 82.8 cm³/mol. The zero-order valence-electron chi connectivity index (χ0n) is 12.2. The minimum atomic E-state index is -0.179. The van der Waals surface area contributed by atoms with Gasteiger partial charge in [0, 0.05) is 25.5 Å². The maximum Gasteiger partial charge on any atom is 0.269 e. The van der Waals surface area contributed by atoms with Gasteiger partial charge < -0.3 is 15.4 Å². The lowest BCUT2D eigenvalue weighted by Gasteiger charge is -2.09. The van der Waals surface area contributed by atoms with Crippen LogP contribution in [0.5, 0.6) is 5.75 Å². The topological polar surface area (TPSA) is 63.2 Å². The molecule has 0 saturated carbocycles. The summed E-state index contributed by atoms with van der Waals surface area (Å²) in [7, 11) is 3.45. The average molecular weight is 285 g/mol. The molecule has 21 heavy (non-hydrogen) atoms. The van der Waals surface area contributed by atoms with E-state index in [4.69, 9.17) is 4.74 Å². The maximum absolute atomic E-state index is 12.0. The molecule has 0 radical (unpaired) electrons. The van der Waals surface area contributed by atoms with Crippen molar-refractivity contribution in [3.05, 3.63) is 53.9 Å². The van der Waals surface area contributed by atoms with Crippen LogP contribution < -0.4 is 15.4 Å². The van der Waals surface area contributed by atoms with Crippen molar-refractivity contribution < 1.29 is 9.53 Å². The van der Waals surface area contributed by atoms with Crippen molar-refractivity contribution in [2.24, 2.45) is 0 Å². The number of rotatable bonds is 6. The smallest absolute Gasteiger partial charge is 0.269 e. The van der Waals surface area contributed by atoms with Crippen LogP contribution in [0.1, 0.15) is 16.1 Å². The fourth-order valence-corrected chi connectivity index (χ4v) is 2.02. The number of nitrogens with one attached hydrogen (secondary N) is 2. The zero-order valence-corrected chi connectivity index (χ0v) is 12.2. The van der Waals surface area contributed by atoms with Gasteiger partial charge in [0.25, 0.3) is 5.91 Å². The first-order valence-electron chi connectivity index (χ1n) is 6.78. The molecule has 0 fully saturated rings. The average Bonchev–Trinajstić information content (AvgIpc) is 2.55.